The molecule has 1 aliphatic rings. The highest BCUT2D eigenvalue weighted by molar-refractivity contribution is 5.95. The molecule has 0 saturated carbocycles. The molecule has 0 aliphatic carbocycles. The molecule has 15 heavy (non-hydrogen) atoms. The van der Waals surface area contributed by atoms with Crippen molar-refractivity contribution in [2.24, 2.45) is 0 Å². The lowest BCUT2D eigenvalue weighted by atomic mass is 9.96. The maximum atomic E-state index is 11.7. The zero-order valence-electron chi connectivity index (χ0n) is 8.34. The quantitative estimate of drug-likeness (QED) is 0.681. The Morgan fingerprint density at radius 3 is 2.80 bits per heavy atom. The van der Waals surface area contributed by atoms with Crippen molar-refractivity contribution < 1.29 is 15.0 Å². The third-order valence-corrected chi connectivity index (χ3v) is 2.34. The fourth-order valence-corrected chi connectivity index (χ4v) is 1.63. The first kappa shape index (κ1) is 9.92. The molecule has 5 heteroatoms. The fourth-order valence-electron chi connectivity index (χ4n) is 1.63. The topological polar surface area (TPSA) is 73.7 Å². The van der Waals surface area contributed by atoms with Crippen LogP contribution in [0.3, 0.4) is 0 Å². The summed E-state index contributed by atoms with van der Waals surface area (Å²) >= 11 is 0. The summed E-state index contributed by atoms with van der Waals surface area (Å²) in [6, 6.07) is 2.97. The number of carbonyl (C=O) groups is 1. The molecule has 5 nitrogen and oxygen atoms in total. The molecule has 0 aromatic carbocycles. The van der Waals surface area contributed by atoms with Gasteiger partial charge in [-0.25, -0.2) is 4.98 Å². The van der Waals surface area contributed by atoms with E-state index in [0.717, 1.165) is 0 Å². The standard InChI is InChI=1S/C10H12N2O3/c1-10(15)5-12(6-10)9(14)8-7(13)3-2-4-11-8/h2-4,13,15H,5-6H2,1H3. The van der Waals surface area contributed by atoms with Crippen molar-refractivity contribution in [3.05, 3.63) is 24.0 Å². The van der Waals surface area contributed by atoms with E-state index in [-0.39, 0.29) is 30.4 Å². The molecule has 2 heterocycles. The molecule has 1 aromatic rings. The zero-order valence-corrected chi connectivity index (χ0v) is 8.34. The number of likely N-dealkylation sites (tertiary alicyclic amines) is 1. The Kier molecular flexibility index (Phi) is 2.12. The Bertz CT molecular complexity index is 395. The molecule has 1 saturated heterocycles. The van der Waals surface area contributed by atoms with Gasteiger partial charge in [0.25, 0.3) is 5.91 Å². The van der Waals surface area contributed by atoms with Gasteiger partial charge in [0.1, 0.15) is 5.75 Å². The van der Waals surface area contributed by atoms with Crippen LogP contribution in [0.25, 0.3) is 0 Å². The van der Waals surface area contributed by atoms with Gasteiger partial charge in [-0.3, -0.25) is 4.79 Å². The van der Waals surface area contributed by atoms with Crippen LogP contribution in [0.2, 0.25) is 0 Å². The van der Waals surface area contributed by atoms with E-state index in [0.29, 0.717) is 0 Å². The van der Waals surface area contributed by atoms with E-state index in [1.54, 1.807) is 13.0 Å². The van der Waals surface area contributed by atoms with Crippen LogP contribution in [-0.2, 0) is 0 Å². The first-order valence-electron chi connectivity index (χ1n) is 4.65. The summed E-state index contributed by atoms with van der Waals surface area (Å²) in [5.41, 5.74) is -0.770. The lowest BCUT2D eigenvalue weighted by Gasteiger charge is -2.43. The fraction of sp³-hybridized carbons (Fsp3) is 0.400. The highest BCUT2D eigenvalue weighted by Crippen LogP contribution is 2.24. The van der Waals surface area contributed by atoms with Crippen molar-refractivity contribution in [3.8, 4) is 5.75 Å². The van der Waals surface area contributed by atoms with Gasteiger partial charge in [-0.05, 0) is 19.1 Å². The van der Waals surface area contributed by atoms with E-state index in [4.69, 9.17) is 0 Å². The second kappa shape index (κ2) is 3.20. The third-order valence-electron chi connectivity index (χ3n) is 2.34. The summed E-state index contributed by atoms with van der Waals surface area (Å²) in [6.45, 7) is 2.22. The van der Waals surface area contributed by atoms with Crippen molar-refractivity contribution in [1.29, 1.82) is 0 Å². The largest absolute Gasteiger partial charge is 0.505 e. The molecule has 1 aromatic heterocycles. The zero-order chi connectivity index (χ0) is 11.1. The first-order valence-corrected chi connectivity index (χ1v) is 4.65. The molecule has 2 rings (SSSR count). The van der Waals surface area contributed by atoms with Crippen LogP contribution >= 0.6 is 0 Å². The van der Waals surface area contributed by atoms with E-state index < -0.39 is 5.60 Å². The van der Waals surface area contributed by atoms with Crippen LogP contribution in [0.4, 0.5) is 0 Å². The van der Waals surface area contributed by atoms with Crippen LogP contribution in [0, 0.1) is 0 Å². The minimum Gasteiger partial charge on any atom is -0.505 e. The lowest BCUT2D eigenvalue weighted by molar-refractivity contribution is -0.0671. The lowest BCUT2D eigenvalue weighted by Crippen LogP contribution is -2.61. The second-order valence-electron chi connectivity index (χ2n) is 4.03. The van der Waals surface area contributed by atoms with Gasteiger partial charge in [0.15, 0.2) is 5.69 Å². The van der Waals surface area contributed by atoms with E-state index >= 15 is 0 Å². The smallest absolute Gasteiger partial charge is 0.276 e. The highest BCUT2D eigenvalue weighted by Gasteiger charge is 2.40. The van der Waals surface area contributed by atoms with Crippen LogP contribution in [0.5, 0.6) is 5.75 Å². The van der Waals surface area contributed by atoms with Gasteiger partial charge in [-0.1, -0.05) is 0 Å². The van der Waals surface area contributed by atoms with Gasteiger partial charge < -0.3 is 15.1 Å². The summed E-state index contributed by atoms with van der Waals surface area (Å²) in [5, 5.41) is 18.9. The summed E-state index contributed by atoms with van der Waals surface area (Å²) in [6.07, 6.45) is 1.45. The van der Waals surface area contributed by atoms with Crippen molar-refractivity contribution >= 4 is 5.91 Å². The molecule has 1 aliphatic heterocycles. The molecular formula is C10H12N2O3. The summed E-state index contributed by atoms with van der Waals surface area (Å²) in [5.74, 6) is -0.478. The monoisotopic (exact) mass is 208 g/mol. The number of aromatic nitrogens is 1. The van der Waals surface area contributed by atoms with Crippen LogP contribution in [-0.4, -0.2) is 44.7 Å². The van der Waals surface area contributed by atoms with E-state index in [1.807, 2.05) is 0 Å². The molecule has 0 spiro atoms. The van der Waals surface area contributed by atoms with Gasteiger partial charge in [0.2, 0.25) is 0 Å². The maximum Gasteiger partial charge on any atom is 0.276 e. The second-order valence-corrected chi connectivity index (χ2v) is 4.03. The maximum absolute atomic E-state index is 11.7. The number of amides is 1. The Balaban J connectivity index is 2.14. The Hall–Kier alpha value is -1.62. The van der Waals surface area contributed by atoms with E-state index in [9.17, 15) is 15.0 Å². The number of hydrogen-bond donors (Lipinski definition) is 2. The number of aromatic hydroxyl groups is 1. The van der Waals surface area contributed by atoms with Crippen molar-refractivity contribution in [1.82, 2.24) is 9.88 Å². The molecule has 80 valence electrons. The molecule has 0 bridgehead atoms. The molecule has 2 N–H and O–H groups in total. The average Bonchev–Trinajstić information content (AvgIpc) is 2.14. The summed E-state index contributed by atoms with van der Waals surface area (Å²) < 4.78 is 0. The van der Waals surface area contributed by atoms with Crippen molar-refractivity contribution in [3.63, 3.8) is 0 Å². The summed E-state index contributed by atoms with van der Waals surface area (Å²) in [7, 11) is 0. The summed E-state index contributed by atoms with van der Waals surface area (Å²) in [4.78, 5) is 17.0. The van der Waals surface area contributed by atoms with Gasteiger partial charge in [-0.15, -0.1) is 0 Å². The Morgan fingerprint density at radius 1 is 1.60 bits per heavy atom. The number of rotatable bonds is 1. The average molecular weight is 208 g/mol. The molecule has 0 unspecified atom stereocenters. The van der Waals surface area contributed by atoms with Gasteiger partial charge in [0, 0.05) is 6.20 Å². The normalized spacial score (nSPS) is 18.4. The van der Waals surface area contributed by atoms with Crippen molar-refractivity contribution in [2.45, 2.75) is 12.5 Å². The third kappa shape index (κ3) is 1.78. The van der Waals surface area contributed by atoms with Crippen LogP contribution < -0.4 is 0 Å². The number of nitrogens with zero attached hydrogens (tertiary/aromatic N) is 2. The van der Waals surface area contributed by atoms with E-state index in [1.165, 1.54) is 17.2 Å². The number of carbonyl (C=O) groups excluding carboxylic acids is 1. The van der Waals surface area contributed by atoms with E-state index in [2.05, 4.69) is 4.98 Å². The first-order chi connectivity index (χ1) is 6.99. The number of aliphatic hydroxyl groups is 1. The predicted molar refractivity (Wildman–Crippen MR) is 52.4 cm³/mol. The molecular weight excluding hydrogens is 196 g/mol. The van der Waals surface area contributed by atoms with Crippen molar-refractivity contribution in [2.75, 3.05) is 13.1 Å². The molecule has 0 atom stereocenters. The Labute approximate surface area is 87.0 Å². The molecule has 1 fully saturated rings. The SMILES string of the molecule is CC1(O)CN(C(=O)c2ncccc2O)C1. The Morgan fingerprint density at radius 2 is 2.27 bits per heavy atom. The van der Waals surface area contributed by atoms with Crippen LogP contribution in [0.15, 0.2) is 18.3 Å². The van der Waals surface area contributed by atoms with Crippen LogP contribution in [0.1, 0.15) is 17.4 Å². The molecule has 0 radical (unpaired) electrons. The number of β-amino-alcohol motifs (C(OH)–C–C–N with tert-alkyl or cyclic N) is 1. The van der Waals surface area contributed by atoms with Gasteiger partial charge in [0.05, 0.1) is 18.7 Å². The molecule has 1 amide bonds. The van der Waals surface area contributed by atoms with Gasteiger partial charge in [-0.2, -0.15) is 0 Å². The number of hydrogen-bond acceptors (Lipinski definition) is 4. The minimum atomic E-state index is -0.805. The predicted octanol–water partition coefficient (Wildman–Crippen LogP) is -0.00600. The minimum absolute atomic E-state index is 0.0352. The highest BCUT2D eigenvalue weighted by atomic mass is 16.3. The number of pyridine rings is 1. The van der Waals surface area contributed by atoms with Gasteiger partial charge >= 0.3 is 0 Å².